The minimum absolute atomic E-state index is 0.452. The summed E-state index contributed by atoms with van der Waals surface area (Å²) >= 11 is 0. The zero-order valence-corrected chi connectivity index (χ0v) is 10.2. The van der Waals surface area contributed by atoms with Crippen LogP contribution in [0.4, 0.5) is 0 Å². The van der Waals surface area contributed by atoms with Gasteiger partial charge in [-0.2, -0.15) is 0 Å². The molecule has 1 aromatic carbocycles. The average molecular weight is 233 g/mol. The minimum Gasteiger partial charge on any atom is -0.480 e. The van der Waals surface area contributed by atoms with Crippen molar-refractivity contribution >= 4 is 5.97 Å². The zero-order chi connectivity index (χ0) is 12.3. The number of aliphatic carboxylic acids is 1. The van der Waals surface area contributed by atoms with Crippen LogP contribution in [0.3, 0.4) is 0 Å². The van der Waals surface area contributed by atoms with Gasteiger partial charge in [0, 0.05) is 6.54 Å². The van der Waals surface area contributed by atoms with Crippen molar-refractivity contribution in [1.29, 1.82) is 0 Å². The Bertz CT molecular complexity index is 403. The Morgan fingerprint density at radius 2 is 2.24 bits per heavy atom. The van der Waals surface area contributed by atoms with Gasteiger partial charge in [-0.1, -0.05) is 37.6 Å². The van der Waals surface area contributed by atoms with E-state index in [0.717, 1.165) is 37.9 Å². The van der Waals surface area contributed by atoms with Gasteiger partial charge in [-0.25, -0.2) is 0 Å². The van der Waals surface area contributed by atoms with Crippen LogP contribution in [-0.2, 0) is 11.2 Å². The molecule has 0 aliphatic carbocycles. The van der Waals surface area contributed by atoms with Crippen molar-refractivity contribution in [2.45, 2.75) is 32.2 Å². The number of fused-ring (bicyclic) bond motifs is 1. The lowest BCUT2D eigenvalue weighted by Crippen LogP contribution is -2.40. The predicted octanol–water partition coefficient (Wildman–Crippen LogP) is 2.47. The van der Waals surface area contributed by atoms with Gasteiger partial charge in [0.15, 0.2) is 0 Å². The largest absolute Gasteiger partial charge is 0.480 e. The van der Waals surface area contributed by atoms with Crippen LogP contribution < -0.4 is 0 Å². The Kier molecular flexibility index (Phi) is 3.79. The second-order valence-corrected chi connectivity index (χ2v) is 4.58. The summed E-state index contributed by atoms with van der Waals surface area (Å²) in [5.41, 5.74) is 2.16. The van der Waals surface area contributed by atoms with Crippen LogP contribution >= 0.6 is 0 Å². The number of hydrogen-bond donors (Lipinski definition) is 1. The number of carboxylic acid groups (broad SMARTS) is 1. The Hall–Kier alpha value is -1.35. The van der Waals surface area contributed by atoms with Gasteiger partial charge in [-0.3, -0.25) is 9.69 Å². The SMILES string of the molecule is CCCCN1CCc2ccccc2C1C(=O)O. The van der Waals surface area contributed by atoms with E-state index in [0.29, 0.717) is 0 Å². The molecule has 1 aliphatic rings. The fourth-order valence-electron chi connectivity index (χ4n) is 2.51. The van der Waals surface area contributed by atoms with Gasteiger partial charge in [-0.15, -0.1) is 0 Å². The Labute approximate surface area is 102 Å². The third-order valence-electron chi connectivity index (χ3n) is 3.42. The molecule has 0 amide bonds. The molecule has 0 spiro atoms. The Morgan fingerprint density at radius 3 is 2.94 bits per heavy atom. The molecule has 1 N–H and O–H groups in total. The maximum atomic E-state index is 11.4. The minimum atomic E-state index is -0.728. The van der Waals surface area contributed by atoms with Gasteiger partial charge >= 0.3 is 5.97 Å². The van der Waals surface area contributed by atoms with Crippen LogP contribution in [0.15, 0.2) is 24.3 Å². The first-order valence-corrected chi connectivity index (χ1v) is 6.28. The number of nitrogens with zero attached hydrogens (tertiary/aromatic N) is 1. The average Bonchev–Trinajstić information content (AvgIpc) is 2.35. The fourth-order valence-corrected chi connectivity index (χ4v) is 2.51. The highest BCUT2D eigenvalue weighted by molar-refractivity contribution is 5.76. The molecule has 0 aromatic heterocycles. The lowest BCUT2D eigenvalue weighted by atomic mass is 9.92. The molecule has 17 heavy (non-hydrogen) atoms. The molecule has 1 atom stereocenters. The number of carbonyl (C=O) groups is 1. The van der Waals surface area contributed by atoms with Gasteiger partial charge in [0.05, 0.1) is 0 Å². The van der Waals surface area contributed by atoms with E-state index in [1.807, 2.05) is 24.3 Å². The van der Waals surface area contributed by atoms with Crippen LogP contribution in [0.1, 0.15) is 36.9 Å². The third kappa shape index (κ3) is 2.50. The van der Waals surface area contributed by atoms with E-state index < -0.39 is 12.0 Å². The molecule has 0 bridgehead atoms. The first kappa shape index (κ1) is 12.1. The Morgan fingerprint density at radius 1 is 1.47 bits per heavy atom. The van der Waals surface area contributed by atoms with Crippen molar-refractivity contribution < 1.29 is 9.90 Å². The first-order chi connectivity index (χ1) is 8.24. The van der Waals surface area contributed by atoms with Gasteiger partial charge in [0.1, 0.15) is 6.04 Å². The molecule has 1 aliphatic heterocycles. The van der Waals surface area contributed by atoms with Crippen LogP contribution in [0.5, 0.6) is 0 Å². The van der Waals surface area contributed by atoms with Crippen molar-refractivity contribution in [3.8, 4) is 0 Å². The molecule has 1 unspecified atom stereocenters. The van der Waals surface area contributed by atoms with E-state index in [1.54, 1.807) is 0 Å². The number of hydrogen-bond acceptors (Lipinski definition) is 2. The van der Waals surface area contributed by atoms with Crippen molar-refractivity contribution in [3.05, 3.63) is 35.4 Å². The summed E-state index contributed by atoms with van der Waals surface area (Å²) < 4.78 is 0. The standard InChI is InChI=1S/C14H19NO2/c1-2-3-9-15-10-8-11-6-4-5-7-12(11)13(15)14(16)17/h4-7,13H,2-3,8-10H2,1H3,(H,16,17). The van der Waals surface area contributed by atoms with E-state index in [2.05, 4.69) is 11.8 Å². The molecule has 0 fully saturated rings. The summed E-state index contributed by atoms with van der Waals surface area (Å²) in [4.78, 5) is 13.5. The van der Waals surface area contributed by atoms with Crippen LogP contribution in [0, 0.1) is 0 Å². The predicted molar refractivity (Wildman–Crippen MR) is 67.0 cm³/mol. The van der Waals surface area contributed by atoms with E-state index in [9.17, 15) is 9.90 Å². The number of benzene rings is 1. The molecule has 1 heterocycles. The van der Waals surface area contributed by atoms with Crippen LogP contribution in [-0.4, -0.2) is 29.1 Å². The number of unbranched alkanes of at least 4 members (excludes halogenated alkanes) is 1. The highest BCUT2D eigenvalue weighted by Crippen LogP contribution is 2.29. The molecular formula is C14H19NO2. The van der Waals surface area contributed by atoms with E-state index in [-0.39, 0.29) is 0 Å². The second-order valence-electron chi connectivity index (χ2n) is 4.58. The summed E-state index contributed by atoms with van der Waals surface area (Å²) in [5.74, 6) is -0.728. The fraction of sp³-hybridized carbons (Fsp3) is 0.500. The van der Waals surface area contributed by atoms with Crippen molar-refractivity contribution in [2.75, 3.05) is 13.1 Å². The van der Waals surface area contributed by atoms with Crippen LogP contribution in [0.25, 0.3) is 0 Å². The molecule has 3 heteroatoms. The normalized spacial score (nSPS) is 19.9. The summed E-state index contributed by atoms with van der Waals surface area (Å²) in [7, 11) is 0. The monoisotopic (exact) mass is 233 g/mol. The highest BCUT2D eigenvalue weighted by Gasteiger charge is 2.31. The molecule has 0 saturated heterocycles. The smallest absolute Gasteiger partial charge is 0.325 e. The highest BCUT2D eigenvalue weighted by atomic mass is 16.4. The molecule has 1 aromatic rings. The summed E-state index contributed by atoms with van der Waals surface area (Å²) in [6.45, 7) is 3.86. The number of rotatable bonds is 4. The summed E-state index contributed by atoms with van der Waals surface area (Å²) in [6, 6.07) is 7.46. The Balaban J connectivity index is 2.26. The second kappa shape index (κ2) is 5.32. The van der Waals surface area contributed by atoms with E-state index in [4.69, 9.17) is 0 Å². The molecule has 2 rings (SSSR count). The van der Waals surface area contributed by atoms with Crippen molar-refractivity contribution in [3.63, 3.8) is 0 Å². The van der Waals surface area contributed by atoms with E-state index in [1.165, 1.54) is 5.56 Å². The maximum absolute atomic E-state index is 11.4. The molecule has 0 saturated carbocycles. The van der Waals surface area contributed by atoms with Crippen LogP contribution in [0.2, 0.25) is 0 Å². The molecule has 3 nitrogen and oxygen atoms in total. The summed E-state index contributed by atoms with van der Waals surface area (Å²) in [5, 5.41) is 9.41. The zero-order valence-electron chi connectivity index (χ0n) is 10.2. The van der Waals surface area contributed by atoms with Crippen molar-refractivity contribution in [1.82, 2.24) is 4.90 Å². The van der Waals surface area contributed by atoms with Gasteiger partial charge in [-0.05, 0) is 30.5 Å². The van der Waals surface area contributed by atoms with Crippen molar-refractivity contribution in [2.24, 2.45) is 0 Å². The first-order valence-electron chi connectivity index (χ1n) is 6.28. The third-order valence-corrected chi connectivity index (χ3v) is 3.42. The van der Waals surface area contributed by atoms with Gasteiger partial charge in [0.25, 0.3) is 0 Å². The topological polar surface area (TPSA) is 40.5 Å². The van der Waals surface area contributed by atoms with E-state index >= 15 is 0 Å². The molecular weight excluding hydrogens is 214 g/mol. The van der Waals surface area contributed by atoms with Gasteiger partial charge in [0.2, 0.25) is 0 Å². The summed E-state index contributed by atoms with van der Waals surface area (Å²) in [6.07, 6.45) is 3.13. The quantitative estimate of drug-likeness (QED) is 0.868. The molecule has 0 radical (unpaired) electrons. The maximum Gasteiger partial charge on any atom is 0.325 e. The lowest BCUT2D eigenvalue weighted by molar-refractivity contribution is -0.144. The number of carboxylic acids is 1. The molecule has 92 valence electrons. The lowest BCUT2D eigenvalue weighted by Gasteiger charge is -2.34. The van der Waals surface area contributed by atoms with Gasteiger partial charge < -0.3 is 5.11 Å².